The number of likely N-dealkylation sites (N-methyl/N-ethyl adjacent to an activating group) is 1. The summed E-state index contributed by atoms with van der Waals surface area (Å²) in [6.07, 6.45) is 8.10. The molecule has 1 aromatic rings. The Morgan fingerprint density at radius 2 is 2.16 bits per heavy atom. The first-order valence-electron chi connectivity index (χ1n) is 7.08. The first kappa shape index (κ1) is 15.3. The molecule has 0 aromatic carbocycles. The first-order chi connectivity index (χ1) is 9.08. The fourth-order valence-corrected chi connectivity index (χ4v) is 3.87. The highest BCUT2D eigenvalue weighted by molar-refractivity contribution is 9.09. The van der Waals surface area contributed by atoms with Crippen molar-refractivity contribution in [3.8, 4) is 0 Å². The largest absolute Gasteiger partial charge is 0.308 e. The van der Waals surface area contributed by atoms with Gasteiger partial charge in [0.05, 0.1) is 23.5 Å². The van der Waals surface area contributed by atoms with E-state index in [0.29, 0.717) is 10.7 Å². The summed E-state index contributed by atoms with van der Waals surface area (Å²) in [6.45, 7) is 1.91. The third-order valence-corrected chi connectivity index (χ3v) is 4.96. The van der Waals surface area contributed by atoms with Crippen LogP contribution in [-0.4, -0.2) is 40.1 Å². The van der Waals surface area contributed by atoms with Gasteiger partial charge >= 0.3 is 0 Å². The number of hydrogen-bond donors (Lipinski definition) is 0. The van der Waals surface area contributed by atoms with Crippen LogP contribution < -0.4 is 0 Å². The van der Waals surface area contributed by atoms with Gasteiger partial charge in [-0.2, -0.15) is 5.10 Å². The molecule has 1 saturated carbocycles. The Balaban J connectivity index is 2.14. The fraction of sp³-hybridized carbons (Fsp3) is 0.786. The number of rotatable bonds is 4. The lowest BCUT2D eigenvalue weighted by Gasteiger charge is -2.20. The predicted octanol–water partition coefficient (Wildman–Crippen LogP) is 3.91. The van der Waals surface area contributed by atoms with Crippen molar-refractivity contribution >= 4 is 27.5 Å². The molecular weight excluding hydrogens is 326 g/mol. The molecule has 1 aromatic heterocycles. The van der Waals surface area contributed by atoms with Crippen LogP contribution in [0.5, 0.6) is 0 Å². The Kier molecular flexibility index (Phi) is 5.72. The van der Waals surface area contributed by atoms with Crippen molar-refractivity contribution in [1.29, 1.82) is 0 Å². The molecule has 5 heteroatoms. The molecule has 1 heterocycles. The molecule has 1 fully saturated rings. The molecule has 1 aliphatic carbocycles. The topological polar surface area (TPSA) is 21.1 Å². The lowest BCUT2D eigenvalue weighted by atomic mass is 9.96. The normalized spacial score (nSPS) is 24.7. The Hall–Kier alpha value is -0.0600. The van der Waals surface area contributed by atoms with Crippen molar-refractivity contribution in [2.45, 2.75) is 49.4 Å². The van der Waals surface area contributed by atoms with E-state index >= 15 is 0 Å². The molecular formula is C14H23BrClN3. The maximum Gasteiger partial charge on any atom is 0.0820 e. The molecule has 0 bridgehead atoms. The van der Waals surface area contributed by atoms with E-state index in [4.69, 9.17) is 11.6 Å². The SMILES string of the molecule is CN(C)CCn1ncc(Cl)c1C1CCCCC(Br)C1. The molecule has 0 spiro atoms. The lowest BCUT2D eigenvalue weighted by Crippen LogP contribution is -2.21. The Morgan fingerprint density at radius 1 is 1.42 bits per heavy atom. The Bertz CT molecular complexity index is 405. The second-order valence-electron chi connectivity index (χ2n) is 5.72. The van der Waals surface area contributed by atoms with Crippen LogP contribution in [0.2, 0.25) is 5.02 Å². The highest BCUT2D eigenvalue weighted by atomic mass is 79.9. The summed E-state index contributed by atoms with van der Waals surface area (Å²) in [5.74, 6) is 0.545. The van der Waals surface area contributed by atoms with Gasteiger partial charge in [0.1, 0.15) is 0 Å². The third kappa shape index (κ3) is 4.20. The molecule has 2 rings (SSSR count). The molecule has 2 unspecified atom stereocenters. The van der Waals surface area contributed by atoms with Crippen LogP contribution in [0.15, 0.2) is 6.20 Å². The van der Waals surface area contributed by atoms with Gasteiger partial charge in [0, 0.05) is 17.3 Å². The van der Waals surface area contributed by atoms with E-state index in [0.717, 1.165) is 18.1 Å². The van der Waals surface area contributed by atoms with Crippen molar-refractivity contribution < 1.29 is 0 Å². The molecule has 0 aliphatic heterocycles. The summed E-state index contributed by atoms with van der Waals surface area (Å²) in [7, 11) is 4.18. The lowest BCUT2D eigenvalue weighted by molar-refractivity contribution is 0.364. The van der Waals surface area contributed by atoms with Crippen LogP contribution in [-0.2, 0) is 6.54 Å². The average Bonchev–Trinajstić information content (AvgIpc) is 2.58. The summed E-state index contributed by atoms with van der Waals surface area (Å²) in [6, 6.07) is 0. The van der Waals surface area contributed by atoms with Crippen LogP contribution in [0.1, 0.15) is 43.7 Å². The van der Waals surface area contributed by atoms with E-state index < -0.39 is 0 Å². The van der Waals surface area contributed by atoms with Gasteiger partial charge in [-0.3, -0.25) is 4.68 Å². The maximum atomic E-state index is 6.38. The third-order valence-electron chi connectivity index (χ3n) is 3.84. The molecule has 0 N–H and O–H groups in total. The van der Waals surface area contributed by atoms with Crippen LogP contribution >= 0.6 is 27.5 Å². The number of halogens is 2. The van der Waals surface area contributed by atoms with Crippen LogP contribution in [0.25, 0.3) is 0 Å². The minimum Gasteiger partial charge on any atom is -0.308 e. The summed E-state index contributed by atoms with van der Waals surface area (Å²) in [5, 5.41) is 5.30. The maximum absolute atomic E-state index is 6.38. The minimum atomic E-state index is 0.545. The smallest absolute Gasteiger partial charge is 0.0820 e. The predicted molar refractivity (Wildman–Crippen MR) is 84.3 cm³/mol. The first-order valence-corrected chi connectivity index (χ1v) is 8.37. The molecule has 3 nitrogen and oxygen atoms in total. The second-order valence-corrected chi connectivity index (χ2v) is 7.42. The standard InChI is InChI=1S/C14H23BrClN3/c1-18(2)7-8-19-14(13(16)10-17-19)11-5-3-4-6-12(15)9-11/h10-12H,3-9H2,1-2H3. The zero-order valence-electron chi connectivity index (χ0n) is 11.8. The minimum absolute atomic E-state index is 0.545. The van der Waals surface area contributed by atoms with Crippen molar-refractivity contribution in [3.05, 3.63) is 16.9 Å². The molecule has 1 aliphatic rings. The zero-order valence-corrected chi connectivity index (χ0v) is 14.1. The van der Waals surface area contributed by atoms with E-state index in [2.05, 4.69) is 44.7 Å². The summed E-state index contributed by atoms with van der Waals surface area (Å²) < 4.78 is 2.11. The second kappa shape index (κ2) is 7.09. The molecule has 0 radical (unpaired) electrons. The van der Waals surface area contributed by atoms with E-state index in [-0.39, 0.29) is 0 Å². The van der Waals surface area contributed by atoms with Gasteiger partial charge in [-0.05, 0) is 33.4 Å². The van der Waals surface area contributed by atoms with Gasteiger partial charge < -0.3 is 4.90 Å². The van der Waals surface area contributed by atoms with Crippen molar-refractivity contribution in [3.63, 3.8) is 0 Å². The molecule has 0 saturated heterocycles. The van der Waals surface area contributed by atoms with Gasteiger partial charge in [-0.15, -0.1) is 0 Å². The van der Waals surface area contributed by atoms with Gasteiger partial charge in [0.25, 0.3) is 0 Å². The molecule has 108 valence electrons. The highest BCUT2D eigenvalue weighted by Crippen LogP contribution is 2.37. The van der Waals surface area contributed by atoms with Gasteiger partial charge in [-0.1, -0.05) is 40.4 Å². The van der Waals surface area contributed by atoms with Crippen LogP contribution in [0.4, 0.5) is 0 Å². The fourth-order valence-electron chi connectivity index (χ4n) is 2.80. The zero-order chi connectivity index (χ0) is 13.8. The van der Waals surface area contributed by atoms with Crippen LogP contribution in [0.3, 0.4) is 0 Å². The number of aromatic nitrogens is 2. The highest BCUT2D eigenvalue weighted by Gasteiger charge is 2.25. The van der Waals surface area contributed by atoms with Gasteiger partial charge in [0.15, 0.2) is 0 Å². The van der Waals surface area contributed by atoms with Crippen LogP contribution in [0, 0.1) is 0 Å². The molecule has 0 amide bonds. The Labute approximate surface area is 129 Å². The summed E-state index contributed by atoms with van der Waals surface area (Å²) >= 11 is 10.2. The molecule has 19 heavy (non-hydrogen) atoms. The molecule has 2 atom stereocenters. The quantitative estimate of drug-likeness (QED) is 0.607. The van der Waals surface area contributed by atoms with E-state index in [9.17, 15) is 0 Å². The summed E-state index contributed by atoms with van der Waals surface area (Å²) in [4.78, 5) is 2.80. The monoisotopic (exact) mass is 347 g/mol. The van der Waals surface area contributed by atoms with E-state index in [1.165, 1.54) is 37.8 Å². The average molecular weight is 349 g/mol. The van der Waals surface area contributed by atoms with Crippen molar-refractivity contribution in [2.75, 3.05) is 20.6 Å². The van der Waals surface area contributed by atoms with Crippen molar-refractivity contribution in [1.82, 2.24) is 14.7 Å². The van der Waals surface area contributed by atoms with Crippen molar-refractivity contribution in [2.24, 2.45) is 0 Å². The van der Waals surface area contributed by atoms with E-state index in [1.54, 1.807) is 6.20 Å². The number of alkyl halides is 1. The number of nitrogens with zero attached hydrogens (tertiary/aromatic N) is 3. The Morgan fingerprint density at radius 3 is 2.89 bits per heavy atom. The summed E-state index contributed by atoms with van der Waals surface area (Å²) in [5.41, 5.74) is 1.25. The number of hydrogen-bond acceptors (Lipinski definition) is 2. The van der Waals surface area contributed by atoms with Gasteiger partial charge in [0.2, 0.25) is 0 Å². The van der Waals surface area contributed by atoms with E-state index in [1.807, 2.05) is 0 Å². The van der Waals surface area contributed by atoms with Gasteiger partial charge in [-0.25, -0.2) is 0 Å².